The highest BCUT2D eigenvalue weighted by Crippen LogP contribution is 2.38. The molecule has 24 heavy (non-hydrogen) atoms. The average Bonchev–Trinajstić information content (AvgIpc) is 2.73. The van der Waals surface area contributed by atoms with Gasteiger partial charge in [0.25, 0.3) is 0 Å². The van der Waals surface area contributed by atoms with Crippen LogP contribution >= 0.6 is 11.6 Å². The van der Waals surface area contributed by atoms with Crippen LogP contribution in [-0.4, -0.2) is 35.0 Å². The second-order valence-electron chi connectivity index (χ2n) is 7.05. The van der Waals surface area contributed by atoms with Gasteiger partial charge in [0.2, 0.25) is 0 Å². The first-order chi connectivity index (χ1) is 11.2. The molecule has 0 atom stereocenters. The van der Waals surface area contributed by atoms with Crippen molar-refractivity contribution in [3.63, 3.8) is 0 Å². The Morgan fingerprint density at radius 1 is 1.17 bits per heavy atom. The fourth-order valence-corrected chi connectivity index (χ4v) is 2.76. The van der Waals surface area contributed by atoms with Gasteiger partial charge in [-0.15, -0.1) is 0 Å². The van der Waals surface area contributed by atoms with Crippen molar-refractivity contribution in [1.29, 1.82) is 0 Å². The molecule has 0 aliphatic carbocycles. The second-order valence-corrected chi connectivity index (χ2v) is 7.44. The van der Waals surface area contributed by atoms with Gasteiger partial charge < -0.3 is 14.4 Å². The highest BCUT2D eigenvalue weighted by atomic mass is 35.5. The van der Waals surface area contributed by atoms with Gasteiger partial charge >= 0.3 is 7.12 Å². The predicted octanol–water partition coefficient (Wildman–Crippen LogP) is 3.90. The van der Waals surface area contributed by atoms with E-state index in [1.54, 1.807) is 6.07 Å². The molecule has 4 nitrogen and oxygen atoms in total. The highest BCUT2D eigenvalue weighted by molar-refractivity contribution is 6.55. The normalized spacial score (nSPS) is 19.9. The Morgan fingerprint density at radius 3 is 2.46 bits per heavy atom. The SMILES string of the molecule is CC1(C)OB(C(=Cc2ccc3nc(Cl)ccc3c2)CO)OC1(C)C. The zero-order chi connectivity index (χ0) is 17.5. The third-order valence-electron chi connectivity index (χ3n) is 4.77. The summed E-state index contributed by atoms with van der Waals surface area (Å²) in [7, 11) is -0.556. The molecule has 2 aromatic rings. The summed E-state index contributed by atoms with van der Waals surface area (Å²) in [5, 5.41) is 11.2. The van der Waals surface area contributed by atoms with Crippen molar-refractivity contribution in [2.45, 2.75) is 38.9 Å². The predicted molar refractivity (Wildman–Crippen MR) is 97.9 cm³/mol. The molecule has 1 aromatic carbocycles. The van der Waals surface area contributed by atoms with Crippen LogP contribution in [-0.2, 0) is 9.31 Å². The molecular formula is C18H21BClNO3. The molecule has 0 unspecified atom stereocenters. The monoisotopic (exact) mass is 345 g/mol. The van der Waals surface area contributed by atoms with E-state index in [2.05, 4.69) is 4.98 Å². The number of nitrogens with zero attached hydrogens (tertiary/aromatic N) is 1. The number of aliphatic hydroxyl groups excluding tert-OH is 1. The minimum Gasteiger partial charge on any atom is -0.400 e. The van der Waals surface area contributed by atoms with E-state index in [0.29, 0.717) is 10.6 Å². The van der Waals surface area contributed by atoms with Crippen LogP contribution in [0.25, 0.3) is 17.0 Å². The molecule has 126 valence electrons. The fourth-order valence-electron chi connectivity index (χ4n) is 2.61. The topological polar surface area (TPSA) is 51.6 Å². The van der Waals surface area contributed by atoms with Crippen molar-refractivity contribution in [2.24, 2.45) is 0 Å². The van der Waals surface area contributed by atoms with Crippen molar-refractivity contribution in [3.05, 3.63) is 46.5 Å². The Morgan fingerprint density at radius 2 is 1.83 bits per heavy atom. The highest BCUT2D eigenvalue weighted by Gasteiger charge is 2.52. The number of halogens is 1. The Balaban J connectivity index is 1.92. The van der Waals surface area contributed by atoms with Crippen molar-refractivity contribution in [1.82, 2.24) is 4.98 Å². The number of pyridine rings is 1. The fraction of sp³-hybridized carbons (Fsp3) is 0.389. The van der Waals surface area contributed by atoms with Gasteiger partial charge in [0.15, 0.2) is 0 Å². The second kappa shape index (κ2) is 6.15. The van der Waals surface area contributed by atoms with Crippen LogP contribution in [0.4, 0.5) is 0 Å². The first-order valence-electron chi connectivity index (χ1n) is 7.95. The van der Waals surface area contributed by atoms with E-state index in [4.69, 9.17) is 20.9 Å². The molecule has 1 saturated heterocycles. The Hall–Kier alpha value is -1.40. The van der Waals surface area contributed by atoms with Crippen LogP contribution in [0, 0.1) is 0 Å². The van der Waals surface area contributed by atoms with E-state index in [9.17, 15) is 5.11 Å². The molecule has 1 aliphatic rings. The van der Waals surface area contributed by atoms with E-state index in [1.807, 2.05) is 58.0 Å². The molecule has 1 N–H and O–H groups in total. The number of hydrogen-bond donors (Lipinski definition) is 1. The van der Waals surface area contributed by atoms with Gasteiger partial charge in [-0.25, -0.2) is 4.98 Å². The largest absolute Gasteiger partial charge is 0.492 e. The van der Waals surface area contributed by atoms with Crippen molar-refractivity contribution < 1.29 is 14.4 Å². The summed E-state index contributed by atoms with van der Waals surface area (Å²) >= 11 is 5.92. The number of hydrogen-bond acceptors (Lipinski definition) is 4. The number of fused-ring (bicyclic) bond motifs is 1. The van der Waals surface area contributed by atoms with Gasteiger partial charge in [0.1, 0.15) is 5.15 Å². The molecule has 1 aromatic heterocycles. The first kappa shape index (κ1) is 17.4. The Labute approximate surface area is 147 Å². The minimum atomic E-state index is -0.556. The van der Waals surface area contributed by atoms with Crippen molar-refractivity contribution in [2.75, 3.05) is 6.61 Å². The van der Waals surface area contributed by atoms with Crippen LogP contribution in [0.3, 0.4) is 0 Å². The van der Waals surface area contributed by atoms with E-state index >= 15 is 0 Å². The van der Waals surface area contributed by atoms with Crippen LogP contribution in [0.2, 0.25) is 5.15 Å². The quantitative estimate of drug-likeness (QED) is 0.677. The minimum absolute atomic E-state index is 0.131. The van der Waals surface area contributed by atoms with Crippen LogP contribution < -0.4 is 0 Å². The summed E-state index contributed by atoms with van der Waals surface area (Å²) in [5.74, 6) is 0. The summed E-state index contributed by atoms with van der Waals surface area (Å²) < 4.78 is 12.0. The Bertz CT molecular complexity index is 788. The first-order valence-corrected chi connectivity index (χ1v) is 8.33. The third-order valence-corrected chi connectivity index (χ3v) is 4.98. The van der Waals surface area contributed by atoms with Crippen LogP contribution in [0.5, 0.6) is 0 Å². The maximum Gasteiger partial charge on any atom is 0.492 e. The maximum atomic E-state index is 9.78. The van der Waals surface area contributed by atoms with Gasteiger partial charge in [0.05, 0.1) is 23.3 Å². The lowest BCUT2D eigenvalue weighted by molar-refractivity contribution is 0.00578. The summed E-state index contributed by atoms with van der Waals surface area (Å²) in [6, 6.07) is 9.53. The van der Waals surface area contributed by atoms with Crippen molar-refractivity contribution in [3.8, 4) is 0 Å². The van der Waals surface area contributed by atoms with Gasteiger partial charge in [-0.1, -0.05) is 23.7 Å². The zero-order valence-electron chi connectivity index (χ0n) is 14.3. The van der Waals surface area contributed by atoms with E-state index < -0.39 is 18.3 Å². The lowest BCUT2D eigenvalue weighted by Gasteiger charge is -2.32. The van der Waals surface area contributed by atoms with Gasteiger partial charge in [-0.2, -0.15) is 0 Å². The molecule has 2 heterocycles. The molecule has 0 spiro atoms. The summed E-state index contributed by atoms with van der Waals surface area (Å²) in [6.07, 6.45) is 1.90. The van der Waals surface area contributed by atoms with Crippen LogP contribution in [0.1, 0.15) is 33.3 Å². The van der Waals surface area contributed by atoms with Crippen molar-refractivity contribution >= 4 is 35.7 Å². The molecule has 1 aliphatic heterocycles. The number of aliphatic hydroxyl groups is 1. The number of rotatable bonds is 3. The molecule has 0 saturated carbocycles. The average molecular weight is 346 g/mol. The lowest BCUT2D eigenvalue weighted by atomic mass is 9.77. The molecular weight excluding hydrogens is 324 g/mol. The number of benzene rings is 1. The zero-order valence-corrected chi connectivity index (χ0v) is 15.1. The summed E-state index contributed by atoms with van der Waals surface area (Å²) in [4.78, 5) is 4.28. The summed E-state index contributed by atoms with van der Waals surface area (Å²) in [5.41, 5.74) is 1.60. The van der Waals surface area contributed by atoms with E-state index in [1.165, 1.54) is 0 Å². The van der Waals surface area contributed by atoms with E-state index in [-0.39, 0.29) is 6.61 Å². The molecule has 1 fully saturated rings. The van der Waals surface area contributed by atoms with Gasteiger partial charge in [-0.05, 0) is 63.0 Å². The van der Waals surface area contributed by atoms with Crippen LogP contribution in [0.15, 0.2) is 35.8 Å². The summed E-state index contributed by atoms with van der Waals surface area (Å²) in [6.45, 7) is 7.84. The molecule has 0 amide bonds. The van der Waals surface area contributed by atoms with E-state index in [0.717, 1.165) is 16.5 Å². The molecule has 0 bridgehead atoms. The molecule has 3 rings (SSSR count). The standard InChI is InChI=1S/C18H21BClNO3/c1-17(2)18(3,4)24-19(23-17)14(11-22)10-12-5-7-15-13(9-12)6-8-16(20)21-15/h5-10,22H,11H2,1-4H3. The maximum absolute atomic E-state index is 9.78. The molecule has 0 radical (unpaired) electrons. The number of aromatic nitrogens is 1. The Kier molecular flexibility index (Phi) is 4.47. The third kappa shape index (κ3) is 3.22. The smallest absolute Gasteiger partial charge is 0.400 e. The van der Waals surface area contributed by atoms with Gasteiger partial charge in [0, 0.05) is 5.39 Å². The van der Waals surface area contributed by atoms with Gasteiger partial charge in [-0.3, -0.25) is 0 Å². The molecule has 6 heteroatoms. The lowest BCUT2D eigenvalue weighted by Crippen LogP contribution is -2.41.